The summed E-state index contributed by atoms with van der Waals surface area (Å²) in [4.78, 5) is 12.4. The van der Waals surface area contributed by atoms with E-state index in [-0.39, 0.29) is 23.6 Å². The molecule has 2 aliphatic carbocycles. The van der Waals surface area contributed by atoms with E-state index in [1.54, 1.807) is 7.11 Å². The molecule has 0 amide bonds. The van der Waals surface area contributed by atoms with Gasteiger partial charge in [0.2, 0.25) is 0 Å². The van der Waals surface area contributed by atoms with E-state index < -0.39 is 0 Å². The monoisotopic (exact) mass is 338 g/mol. The third-order valence-corrected chi connectivity index (χ3v) is 7.26. The van der Waals surface area contributed by atoms with Gasteiger partial charge in [0.15, 0.2) is 0 Å². The highest BCUT2D eigenvalue weighted by molar-refractivity contribution is 5.75. The molecule has 24 heavy (non-hydrogen) atoms. The molecule has 0 aromatic carbocycles. The van der Waals surface area contributed by atoms with Crippen LogP contribution in [0.25, 0.3) is 0 Å². The Morgan fingerprint density at radius 3 is 2.96 bits per heavy atom. The standard InChI is InChI=1S/C19H31NO4/c1-18-5-3-6-19(12-23-19)16(18)9-13-14(11-20-7-4-8-22-2)17(21)24-15(13)10-18/h13-16,20H,3-12H2,1-2H3/p+1/t13-,14-,15-,16-,18-,19+/m1/s1. The summed E-state index contributed by atoms with van der Waals surface area (Å²) < 4.78 is 16.9. The van der Waals surface area contributed by atoms with Crippen LogP contribution in [0.15, 0.2) is 0 Å². The molecule has 0 unspecified atom stereocenters. The normalized spacial score (nSPS) is 46.5. The maximum atomic E-state index is 12.4. The molecule has 0 radical (unpaired) electrons. The second-order valence-electron chi connectivity index (χ2n) is 8.76. The van der Waals surface area contributed by atoms with E-state index in [0.29, 0.717) is 17.3 Å². The van der Waals surface area contributed by atoms with Gasteiger partial charge in [-0.1, -0.05) is 6.92 Å². The zero-order valence-electron chi connectivity index (χ0n) is 15.1. The van der Waals surface area contributed by atoms with Gasteiger partial charge < -0.3 is 19.5 Å². The van der Waals surface area contributed by atoms with Crippen LogP contribution < -0.4 is 5.32 Å². The number of hydrogen-bond acceptors (Lipinski definition) is 4. The Morgan fingerprint density at radius 1 is 1.38 bits per heavy atom. The van der Waals surface area contributed by atoms with Crippen LogP contribution in [0.5, 0.6) is 0 Å². The summed E-state index contributed by atoms with van der Waals surface area (Å²) in [7, 11) is 1.73. The quantitative estimate of drug-likeness (QED) is 0.448. The highest BCUT2D eigenvalue weighted by Crippen LogP contribution is 2.62. The first-order chi connectivity index (χ1) is 11.6. The number of fused-ring (bicyclic) bond motifs is 3. The molecule has 4 rings (SSSR count). The number of hydrogen-bond donors (Lipinski definition) is 1. The van der Waals surface area contributed by atoms with E-state index in [1.807, 2.05) is 0 Å². The Morgan fingerprint density at radius 2 is 2.21 bits per heavy atom. The van der Waals surface area contributed by atoms with Crippen LogP contribution in [0.2, 0.25) is 0 Å². The molecule has 1 spiro atoms. The van der Waals surface area contributed by atoms with Gasteiger partial charge in [-0.25, -0.2) is 0 Å². The second-order valence-corrected chi connectivity index (χ2v) is 8.76. The van der Waals surface area contributed by atoms with Crippen LogP contribution in [0.3, 0.4) is 0 Å². The van der Waals surface area contributed by atoms with Crippen LogP contribution in [-0.2, 0) is 19.0 Å². The molecule has 136 valence electrons. The predicted octanol–water partition coefficient (Wildman–Crippen LogP) is 1.11. The summed E-state index contributed by atoms with van der Waals surface area (Å²) in [5.74, 6) is 1.12. The number of quaternary nitrogens is 1. The summed E-state index contributed by atoms with van der Waals surface area (Å²) >= 11 is 0. The van der Waals surface area contributed by atoms with Crippen molar-refractivity contribution < 1.29 is 24.3 Å². The van der Waals surface area contributed by atoms with Crippen molar-refractivity contribution in [1.82, 2.24) is 0 Å². The number of ether oxygens (including phenoxy) is 3. The predicted molar refractivity (Wildman–Crippen MR) is 88.4 cm³/mol. The number of esters is 1. The number of nitrogens with two attached hydrogens (primary N) is 1. The zero-order chi connectivity index (χ0) is 16.8. The molecule has 2 N–H and O–H groups in total. The topological polar surface area (TPSA) is 64.7 Å². The Labute approximate surface area is 144 Å². The van der Waals surface area contributed by atoms with E-state index in [1.165, 1.54) is 19.3 Å². The fourth-order valence-electron chi connectivity index (χ4n) is 5.90. The smallest absolute Gasteiger partial charge is 0.315 e. The molecule has 2 saturated heterocycles. The average molecular weight is 338 g/mol. The summed E-state index contributed by atoms with van der Waals surface area (Å²) in [5.41, 5.74) is 0.448. The number of methoxy groups -OCH3 is 1. The van der Waals surface area contributed by atoms with Crippen LogP contribution in [-0.4, -0.2) is 51.1 Å². The maximum Gasteiger partial charge on any atom is 0.315 e. The number of rotatable bonds is 6. The summed E-state index contributed by atoms with van der Waals surface area (Å²) in [6.07, 6.45) is 7.07. The van der Waals surface area contributed by atoms with Gasteiger partial charge in [0.1, 0.15) is 12.0 Å². The van der Waals surface area contributed by atoms with Crippen LogP contribution in [0.4, 0.5) is 0 Å². The van der Waals surface area contributed by atoms with Crippen molar-refractivity contribution in [2.45, 2.75) is 57.2 Å². The number of carbonyl (C=O) groups is 1. The highest BCUT2D eigenvalue weighted by atomic mass is 16.6. The molecular formula is C19H32NO4+. The first-order valence-electron chi connectivity index (χ1n) is 9.73. The third kappa shape index (κ3) is 2.78. The molecule has 0 aromatic rings. The minimum Gasteiger partial charge on any atom is -0.462 e. The van der Waals surface area contributed by atoms with Crippen molar-refractivity contribution in [3.8, 4) is 0 Å². The second kappa shape index (κ2) is 6.26. The number of epoxide rings is 1. The lowest BCUT2D eigenvalue weighted by molar-refractivity contribution is -0.659. The fraction of sp³-hybridized carbons (Fsp3) is 0.947. The van der Waals surface area contributed by atoms with Gasteiger partial charge in [-0.3, -0.25) is 4.79 Å². The van der Waals surface area contributed by atoms with E-state index in [0.717, 1.165) is 45.6 Å². The van der Waals surface area contributed by atoms with Crippen LogP contribution >= 0.6 is 0 Å². The van der Waals surface area contributed by atoms with Gasteiger partial charge in [0.25, 0.3) is 0 Å². The first kappa shape index (κ1) is 16.8. The number of carbonyl (C=O) groups excluding carboxylic acids is 1. The maximum absolute atomic E-state index is 12.4. The largest absolute Gasteiger partial charge is 0.462 e. The van der Waals surface area contributed by atoms with Crippen molar-refractivity contribution in [3.05, 3.63) is 0 Å². The zero-order valence-corrected chi connectivity index (χ0v) is 15.1. The van der Waals surface area contributed by atoms with Crippen LogP contribution in [0, 0.1) is 23.2 Å². The van der Waals surface area contributed by atoms with E-state index >= 15 is 0 Å². The SMILES string of the molecule is COCCC[NH2+]C[C@H]1C(=O)O[C@@H]2C[C@@]3(C)CCC[C@]4(CO4)[C@@H]3C[C@@H]21. The molecule has 0 bridgehead atoms. The summed E-state index contributed by atoms with van der Waals surface area (Å²) in [6.45, 7) is 6.02. The molecule has 6 atom stereocenters. The minimum absolute atomic E-state index is 0.0426. The fourth-order valence-corrected chi connectivity index (χ4v) is 5.90. The minimum atomic E-state index is 0.0426. The average Bonchev–Trinajstić information content (AvgIpc) is 3.24. The van der Waals surface area contributed by atoms with Gasteiger partial charge >= 0.3 is 5.97 Å². The molecule has 5 nitrogen and oxygen atoms in total. The molecule has 5 heteroatoms. The Hall–Kier alpha value is -0.650. The van der Waals surface area contributed by atoms with Crippen molar-refractivity contribution in [2.24, 2.45) is 23.2 Å². The van der Waals surface area contributed by atoms with Crippen molar-refractivity contribution in [3.63, 3.8) is 0 Å². The molecular weight excluding hydrogens is 306 g/mol. The molecule has 2 aliphatic heterocycles. The van der Waals surface area contributed by atoms with Crippen molar-refractivity contribution in [1.29, 1.82) is 0 Å². The molecule has 2 heterocycles. The highest BCUT2D eigenvalue weighted by Gasteiger charge is 2.65. The molecule has 4 aliphatic rings. The summed E-state index contributed by atoms with van der Waals surface area (Å²) in [6, 6.07) is 0. The molecule has 0 aromatic heterocycles. The van der Waals surface area contributed by atoms with Gasteiger partial charge in [-0.2, -0.15) is 0 Å². The van der Waals surface area contributed by atoms with Gasteiger partial charge in [-0.15, -0.1) is 0 Å². The molecule has 2 saturated carbocycles. The van der Waals surface area contributed by atoms with Crippen molar-refractivity contribution >= 4 is 5.97 Å². The Balaban J connectivity index is 1.42. The molecule has 4 fully saturated rings. The van der Waals surface area contributed by atoms with Crippen molar-refractivity contribution in [2.75, 3.05) is 33.4 Å². The summed E-state index contributed by atoms with van der Waals surface area (Å²) in [5, 5.41) is 2.27. The Bertz CT molecular complexity index is 492. The van der Waals surface area contributed by atoms with Gasteiger partial charge in [-0.05, 0) is 43.4 Å². The third-order valence-electron chi connectivity index (χ3n) is 7.26. The van der Waals surface area contributed by atoms with E-state index in [2.05, 4.69) is 12.2 Å². The van der Waals surface area contributed by atoms with E-state index in [9.17, 15) is 4.79 Å². The van der Waals surface area contributed by atoms with E-state index in [4.69, 9.17) is 14.2 Å². The van der Waals surface area contributed by atoms with Gasteiger partial charge in [0.05, 0.1) is 31.9 Å². The lowest BCUT2D eigenvalue weighted by Crippen LogP contribution is -2.86. The lowest BCUT2D eigenvalue weighted by Gasteiger charge is -2.51. The van der Waals surface area contributed by atoms with Crippen LogP contribution in [0.1, 0.15) is 45.4 Å². The Kier molecular flexibility index (Phi) is 4.38. The lowest BCUT2D eigenvalue weighted by atomic mass is 9.53. The van der Waals surface area contributed by atoms with Gasteiger partial charge in [0, 0.05) is 19.4 Å². The first-order valence-corrected chi connectivity index (χ1v) is 9.73.